The minimum absolute atomic E-state index is 0. The van der Waals surface area contributed by atoms with Crippen molar-refractivity contribution >= 4 is 0 Å². The second-order valence-electron chi connectivity index (χ2n) is 2.91. The topological polar surface area (TPSA) is 30.0 Å². The molecule has 0 heterocycles. The fourth-order valence-electron chi connectivity index (χ4n) is 1.50. The van der Waals surface area contributed by atoms with Crippen molar-refractivity contribution in [3.63, 3.8) is 0 Å². The van der Waals surface area contributed by atoms with Crippen molar-refractivity contribution in [1.82, 2.24) is 0 Å². The van der Waals surface area contributed by atoms with Gasteiger partial charge in [-0.2, -0.15) is 0 Å². The van der Waals surface area contributed by atoms with Crippen molar-refractivity contribution in [2.75, 3.05) is 0 Å². The molecule has 0 aliphatic heterocycles. The molecule has 0 radical (unpaired) electrons. The molecule has 10 heavy (non-hydrogen) atoms. The van der Waals surface area contributed by atoms with Gasteiger partial charge in [0.05, 0.1) is 0 Å². The predicted octanol–water partition coefficient (Wildman–Crippen LogP) is 3.72. The second kappa shape index (κ2) is 6.53. The summed E-state index contributed by atoms with van der Waals surface area (Å²) in [5, 5.41) is 0. The molecule has 0 saturated heterocycles. The Bertz CT molecular complexity index is 52.1. The minimum Gasteiger partial charge on any atom is -0.870 e. The van der Waals surface area contributed by atoms with Crippen LogP contribution in [0.3, 0.4) is 0 Å². The quantitative estimate of drug-likeness (QED) is 0.728. The first-order valence-electron chi connectivity index (χ1n) is 4.24. The maximum atomic E-state index is 2.40. The van der Waals surface area contributed by atoms with Crippen LogP contribution in [0.1, 0.15) is 27.7 Å². The largest absolute Gasteiger partial charge is 0.870 e. The fraction of sp³-hybridized carbons (Fsp3) is 1.00. The van der Waals surface area contributed by atoms with Crippen LogP contribution in [0.25, 0.3) is 0 Å². The van der Waals surface area contributed by atoms with Crippen molar-refractivity contribution < 1.29 is 25.4 Å². The molecule has 0 aromatic carbocycles. The van der Waals surface area contributed by atoms with Crippen LogP contribution < -0.4 is 0 Å². The third-order valence-corrected chi connectivity index (χ3v) is 24.6. The van der Waals surface area contributed by atoms with Crippen LogP contribution in [0.5, 0.6) is 0 Å². The molecule has 0 saturated carbocycles. The summed E-state index contributed by atoms with van der Waals surface area (Å²) < 4.78 is 6.26. The Labute approximate surface area is 69.8 Å². The maximum Gasteiger partial charge on any atom is -0.870 e. The van der Waals surface area contributed by atoms with Crippen LogP contribution in [0.4, 0.5) is 0 Å². The molecule has 0 fully saturated rings. The van der Waals surface area contributed by atoms with Crippen molar-refractivity contribution in [2.24, 2.45) is 0 Å². The third kappa shape index (κ3) is 3.29. The van der Waals surface area contributed by atoms with Gasteiger partial charge in [0.25, 0.3) is 0 Å². The third-order valence-electron chi connectivity index (χ3n) is 3.00. The van der Waals surface area contributed by atoms with Gasteiger partial charge in [0, 0.05) is 0 Å². The molecule has 0 amide bonds. The molecule has 1 N–H and O–H groups in total. The van der Waals surface area contributed by atoms with Gasteiger partial charge in [0.1, 0.15) is 0 Å². The average molecular weight is 312 g/mol. The Balaban J connectivity index is 0. The maximum absolute atomic E-state index is 2.40. The Hall–Kier alpha value is 0.830. The van der Waals surface area contributed by atoms with Gasteiger partial charge in [0.2, 0.25) is 0 Å². The van der Waals surface area contributed by atoms with Crippen LogP contribution in [0.2, 0.25) is 16.7 Å². The van der Waals surface area contributed by atoms with E-state index in [1.807, 2.05) is 0 Å². The standard InChI is InChI=1S/4C2H5.Hf.H2O/c4*1-2;;/h4*1H2,2H3;;1H2/p-1. The summed E-state index contributed by atoms with van der Waals surface area (Å²) in [6.07, 6.45) is 0. The summed E-state index contributed by atoms with van der Waals surface area (Å²) in [5.41, 5.74) is 0. The first-order valence-corrected chi connectivity index (χ1v) is 14.4. The van der Waals surface area contributed by atoms with Crippen LogP contribution >= 0.6 is 0 Å². The summed E-state index contributed by atoms with van der Waals surface area (Å²) >= 11 is -1.51. The molecule has 0 aliphatic rings. The zero-order valence-corrected chi connectivity index (χ0v) is 11.4. The molecule has 0 unspecified atom stereocenters. The molecule has 0 atom stereocenters. The smallest absolute Gasteiger partial charge is 0.870 e. The molecule has 64 valence electrons. The molecular formula is C8H21HfO-. The van der Waals surface area contributed by atoms with E-state index in [2.05, 4.69) is 27.7 Å². The van der Waals surface area contributed by atoms with Gasteiger partial charge in [0.15, 0.2) is 0 Å². The van der Waals surface area contributed by atoms with Crippen LogP contribution in [-0.4, -0.2) is 5.48 Å². The summed E-state index contributed by atoms with van der Waals surface area (Å²) in [4.78, 5) is 0. The monoisotopic (exact) mass is 313 g/mol. The van der Waals surface area contributed by atoms with E-state index in [0.717, 1.165) is 0 Å². The Kier molecular flexibility index (Phi) is 8.77. The van der Waals surface area contributed by atoms with Crippen LogP contribution in [0, 0.1) is 0 Å². The van der Waals surface area contributed by atoms with Gasteiger partial charge in [-0.25, -0.2) is 0 Å². The molecule has 0 aromatic rings. The van der Waals surface area contributed by atoms with E-state index in [1.165, 1.54) is 0 Å². The van der Waals surface area contributed by atoms with Crippen molar-refractivity contribution in [1.29, 1.82) is 0 Å². The first kappa shape index (κ1) is 13.4. The molecule has 0 aliphatic carbocycles. The van der Waals surface area contributed by atoms with E-state index in [4.69, 9.17) is 0 Å². The SMILES string of the molecule is C[CH2][Hf]([CH2]C)([CH2]C)[CH2]C.[OH-]. The normalized spacial score (nSPS) is 10.8. The second-order valence-corrected chi connectivity index (χ2v) is 23.9. The van der Waals surface area contributed by atoms with Crippen molar-refractivity contribution in [3.8, 4) is 0 Å². The molecular weight excluding hydrogens is 291 g/mol. The zero-order valence-electron chi connectivity index (χ0n) is 7.78. The summed E-state index contributed by atoms with van der Waals surface area (Å²) in [6.45, 7) is 9.60. The van der Waals surface area contributed by atoms with Gasteiger partial charge < -0.3 is 5.48 Å². The molecule has 0 spiro atoms. The Morgan fingerprint density at radius 2 is 0.900 bits per heavy atom. The first-order chi connectivity index (χ1) is 4.24. The molecule has 1 nitrogen and oxygen atoms in total. The van der Waals surface area contributed by atoms with E-state index in [0.29, 0.717) is 0 Å². The fourth-order valence-corrected chi connectivity index (χ4v) is 12.3. The minimum atomic E-state index is -1.51. The summed E-state index contributed by atoms with van der Waals surface area (Å²) in [7, 11) is 0. The van der Waals surface area contributed by atoms with Gasteiger partial charge >= 0.3 is 64.4 Å². The molecule has 0 aromatic heterocycles. The molecule has 0 rings (SSSR count). The number of hydrogen-bond donors (Lipinski definition) is 0. The van der Waals surface area contributed by atoms with E-state index >= 15 is 0 Å². The van der Waals surface area contributed by atoms with Gasteiger partial charge in [-0.3, -0.25) is 0 Å². The van der Waals surface area contributed by atoms with Gasteiger partial charge in [-0.1, -0.05) is 0 Å². The Morgan fingerprint density at radius 1 is 0.700 bits per heavy atom. The molecule has 2 heteroatoms. The summed E-state index contributed by atoms with van der Waals surface area (Å²) in [6, 6.07) is 0. The predicted molar refractivity (Wildman–Crippen MR) is 43.9 cm³/mol. The summed E-state index contributed by atoms with van der Waals surface area (Å²) in [5.74, 6) is 0. The van der Waals surface area contributed by atoms with Crippen molar-refractivity contribution in [3.05, 3.63) is 0 Å². The van der Waals surface area contributed by atoms with Gasteiger partial charge in [-0.15, -0.1) is 0 Å². The van der Waals surface area contributed by atoms with E-state index in [9.17, 15) is 0 Å². The van der Waals surface area contributed by atoms with Crippen molar-refractivity contribution in [2.45, 2.75) is 44.4 Å². The number of rotatable bonds is 4. The molecule has 0 bridgehead atoms. The van der Waals surface area contributed by atoms with Crippen LogP contribution in [0.15, 0.2) is 0 Å². The van der Waals surface area contributed by atoms with E-state index < -0.39 is 20.0 Å². The zero-order chi connectivity index (χ0) is 7.33. The van der Waals surface area contributed by atoms with E-state index in [1.54, 1.807) is 16.7 Å². The Morgan fingerprint density at radius 3 is 0.900 bits per heavy atom. The number of hydrogen-bond acceptors (Lipinski definition) is 1. The van der Waals surface area contributed by atoms with Gasteiger partial charge in [-0.05, 0) is 0 Å². The van der Waals surface area contributed by atoms with Crippen LogP contribution in [-0.2, 0) is 20.0 Å². The van der Waals surface area contributed by atoms with E-state index in [-0.39, 0.29) is 5.48 Å². The average Bonchev–Trinajstić information content (AvgIpc) is 1.95.